The van der Waals surface area contributed by atoms with Crippen molar-refractivity contribution in [1.29, 1.82) is 5.26 Å². The molecule has 160 valence electrons. The monoisotopic (exact) mass is 496 g/mol. The smallest absolute Gasteiger partial charge is 0.348 e. The third kappa shape index (κ3) is 5.23. The summed E-state index contributed by atoms with van der Waals surface area (Å²) in [6, 6.07) is 4.99. The Labute approximate surface area is 186 Å². The lowest BCUT2D eigenvalue weighted by Crippen LogP contribution is -2.10. The number of halogens is 1. The number of nitriles is 1. The maximum absolute atomic E-state index is 12.6. The molecule has 0 fully saturated rings. The molecule has 2 N–H and O–H groups in total. The van der Waals surface area contributed by atoms with Crippen LogP contribution in [0, 0.1) is 11.3 Å². The molecule has 0 radical (unpaired) electrons. The molecular formula is C20H21BrN2O6S. The summed E-state index contributed by atoms with van der Waals surface area (Å²) >= 11 is 4.30. The fourth-order valence-corrected chi connectivity index (χ4v) is 3.98. The topological polar surface area (TPSA) is 121 Å². The Morgan fingerprint density at radius 3 is 2.57 bits per heavy atom. The van der Waals surface area contributed by atoms with Crippen molar-refractivity contribution in [1.82, 2.24) is 0 Å². The summed E-state index contributed by atoms with van der Waals surface area (Å²) in [5.41, 5.74) is 6.36. The Morgan fingerprint density at radius 1 is 1.23 bits per heavy atom. The van der Waals surface area contributed by atoms with Crippen LogP contribution in [-0.2, 0) is 16.1 Å². The lowest BCUT2D eigenvalue weighted by atomic mass is 10.1. The summed E-state index contributed by atoms with van der Waals surface area (Å²) < 4.78 is 21.8. The van der Waals surface area contributed by atoms with Crippen molar-refractivity contribution in [2.24, 2.45) is 0 Å². The number of methoxy groups -OCH3 is 1. The van der Waals surface area contributed by atoms with E-state index in [2.05, 4.69) is 15.9 Å². The van der Waals surface area contributed by atoms with Gasteiger partial charge in [0.2, 0.25) is 0 Å². The van der Waals surface area contributed by atoms with Crippen molar-refractivity contribution in [3.8, 4) is 17.6 Å². The second kappa shape index (κ2) is 10.8. The molecule has 10 heteroatoms. The molecule has 0 unspecified atom stereocenters. The number of anilines is 1. The fraction of sp³-hybridized carbons (Fsp3) is 0.350. The summed E-state index contributed by atoms with van der Waals surface area (Å²) in [5.74, 6) is -0.435. The molecule has 0 bridgehead atoms. The van der Waals surface area contributed by atoms with E-state index in [0.29, 0.717) is 22.6 Å². The average Bonchev–Trinajstić information content (AvgIpc) is 3.05. The maximum Gasteiger partial charge on any atom is 0.348 e. The van der Waals surface area contributed by atoms with E-state index in [0.717, 1.165) is 17.8 Å². The predicted octanol–water partition coefficient (Wildman–Crippen LogP) is 4.30. The van der Waals surface area contributed by atoms with Gasteiger partial charge >= 0.3 is 11.9 Å². The number of rotatable bonds is 9. The highest BCUT2D eigenvalue weighted by molar-refractivity contribution is 9.10. The lowest BCUT2D eigenvalue weighted by Gasteiger charge is -2.14. The Bertz CT molecular complexity index is 983. The Hall–Kier alpha value is -2.77. The van der Waals surface area contributed by atoms with Crippen LogP contribution >= 0.6 is 27.3 Å². The van der Waals surface area contributed by atoms with Crippen molar-refractivity contribution >= 4 is 44.2 Å². The highest BCUT2D eigenvalue weighted by atomic mass is 79.9. The van der Waals surface area contributed by atoms with Crippen molar-refractivity contribution in [3.05, 3.63) is 38.2 Å². The van der Waals surface area contributed by atoms with Gasteiger partial charge in [-0.2, -0.15) is 5.26 Å². The van der Waals surface area contributed by atoms with Crippen LogP contribution in [0.3, 0.4) is 0 Å². The zero-order chi connectivity index (χ0) is 22.3. The quantitative estimate of drug-likeness (QED) is 0.510. The van der Waals surface area contributed by atoms with E-state index < -0.39 is 11.9 Å². The number of thiophene rings is 1. The van der Waals surface area contributed by atoms with E-state index in [1.165, 1.54) is 13.2 Å². The van der Waals surface area contributed by atoms with E-state index in [1.807, 2.05) is 13.0 Å². The molecule has 30 heavy (non-hydrogen) atoms. The normalized spacial score (nSPS) is 10.2. The number of carbonyl (C=O) groups excluding carboxylic acids is 2. The molecule has 2 aromatic rings. The van der Waals surface area contributed by atoms with Gasteiger partial charge in [0.05, 0.1) is 35.9 Å². The van der Waals surface area contributed by atoms with Crippen molar-refractivity contribution in [3.63, 3.8) is 0 Å². The predicted molar refractivity (Wildman–Crippen MR) is 115 cm³/mol. The first kappa shape index (κ1) is 23.5. The van der Waals surface area contributed by atoms with Gasteiger partial charge in [-0.1, -0.05) is 6.92 Å². The highest BCUT2D eigenvalue weighted by Crippen LogP contribution is 2.37. The maximum atomic E-state index is 12.6. The number of hydrogen-bond acceptors (Lipinski definition) is 9. The van der Waals surface area contributed by atoms with E-state index in [-0.39, 0.29) is 39.8 Å². The molecule has 0 atom stereocenters. The number of benzene rings is 1. The number of nitrogens with two attached hydrogens (primary N) is 1. The third-order valence-electron chi connectivity index (χ3n) is 3.87. The number of ether oxygens (including phenoxy) is 4. The number of nitrogen functional groups attached to an aromatic ring is 1. The van der Waals surface area contributed by atoms with Crippen LogP contribution in [0.25, 0.3) is 0 Å². The first-order chi connectivity index (χ1) is 14.4. The Balaban J connectivity index is 2.27. The number of carbonyl (C=O) groups is 2. The van der Waals surface area contributed by atoms with Gasteiger partial charge in [0, 0.05) is 5.56 Å². The molecule has 0 aliphatic heterocycles. The van der Waals surface area contributed by atoms with Gasteiger partial charge in [-0.3, -0.25) is 0 Å². The molecule has 1 heterocycles. The van der Waals surface area contributed by atoms with Crippen molar-refractivity contribution in [2.75, 3.05) is 26.1 Å². The van der Waals surface area contributed by atoms with E-state index in [1.54, 1.807) is 13.0 Å². The lowest BCUT2D eigenvalue weighted by molar-refractivity contribution is 0.0452. The molecule has 0 saturated carbocycles. The second-order valence-electron chi connectivity index (χ2n) is 5.90. The summed E-state index contributed by atoms with van der Waals surface area (Å²) in [6.07, 6.45) is 0.813. The number of nitrogens with zero attached hydrogens (tertiary/aromatic N) is 1. The van der Waals surface area contributed by atoms with Crippen LogP contribution in [0.5, 0.6) is 11.5 Å². The first-order valence-electron chi connectivity index (χ1n) is 9.03. The van der Waals surface area contributed by atoms with Gasteiger partial charge < -0.3 is 24.7 Å². The van der Waals surface area contributed by atoms with Crippen LogP contribution < -0.4 is 15.2 Å². The van der Waals surface area contributed by atoms with Gasteiger partial charge in [0.1, 0.15) is 22.6 Å². The standard InChI is InChI=1S/C20H21BrN2O6S/c1-4-6-28-16-14(21)7-11(8-15(16)26-3)19(24)29-10-13-12(9-22)18(23)30-17(13)20(25)27-5-2/h7-8H,4-6,10,23H2,1-3H3. The fourth-order valence-electron chi connectivity index (χ4n) is 2.51. The minimum absolute atomic E-state index is 0.0953. The molecule has 0 aliphatic rings. The summed E-state index contributed by atoms with van der Waals surface area (Å²) in [4.78, 5) is 24.9. The zero-order valence-electron chi connectivity index (χ0n) is 16.7. The third-order valence-corrected chi connectivity index (χ3v) is 5.50. The molecule has 8 nitrogen and oxygen atoms in total. The van der Waals surface area contributed by atoms with Crippen LogP contribution in [0.15, 0.2) is 16.6 Å². The molecule has 2 rings (SSSR count). The molecule has 0 saturated heterocycles. The van der Waals surface area contributed by atoms with Crippen LogP contribution in [0.1, 0.15) is 51.4 Å². The van der Waals surface area contributed by atoms with Gasteiger partial charge in [-0.15, -0.1) is 11.3 Å². The van der Waals surface area contributed by atoms with Crippen LogP contribution in [0.2, 0.25) is 0 Å². The number of hydrogen-bond donors (Lipinski definition) is 1. The first-order valence-corrected chi connectivity index (χ1v) is 10.6. The molecule has 0 spiro atoms. The van der Waals surface area contributed by atoms with E-state index in [4.69, 9.17) is 24.7 Å². The molecular weight excluding hydrogens is 476 g/mol. The molecule has 0 amide bonds. The SMILES string of the molecule is CCCOc1c(Br)cc(C(=O)OCc2c(C(=O)OCC)sc(N)c2C#N)cc1OC. The van der Waals surface area contributed by atoms with Crippen molar-refractivity contribution in [2.45, 2.75) is 26.9 Å². The van der Waals surface area contributed by atoms with Gasteiger partial charge in [0.25, 0.3) is 0 Å². The molecule has 0 aliphatic carbocycles. The Kier molecular flexibility index (Phi) is 8.50. The second-order valence-corrected chi connectivity index (χ2v) is 7.80. The summed E-state index contributed by atoms with van der Waals surface area (Å²) in [6.45, 7) is 3.99. The molecule has 1 aromatic carbocycles. The van der Waals surface area contributed by atoms with Gasteiger partial charge in [-0.25, -0.2) is 9.59 Å². The van der Waals surface area contributed by atoms with Crippen LogP contribution in [0.4, 0.5) is 5.00 Å². The van der Waals surface area contributed by atoms with Crippen molar-refractivity contribution < 1.29 is 28.5 Å². The van der Waals surface area contributed by atoms with Gasteiger partial charge in [-0.05, 0) is 41.4 Å². The summed E-state index contributed by atoms with van der Waals surface area (Å²) in [7, 11) is 1.47. The average molecular weight is 497 g/mol. The Morgan fingerprint density at radius 2 is 1.97 bits per heavy atom. The molecule has 1 aromatic heterocycles. The number of esters is 2. The summed E-state index contributed by atoms with van der Waals surface area (Å²) in [5, 5.41) is 9.52. The van der Waals surface area contributed by atoms with Crippen LogP contribution in [-0.4, -0.2) is 32.3 Å². The van der Waals surface area contributed by atoms with E-state index in [9.17, 15) is 14.9 Å². The van der Waals surface area contributed by atoms with E-state index >= 15 is 0 Å². The minimum atomic E-state index is -0.667. The highest BCUT2D eigenvalue weighted by Gasteiger charge is 2.24. The minimum Gasteiger partial charge on any atom is -0.493 e. The zero-order valence-corrected chi connectivity index (χ0v) is 19.1. The van der Waals surface area contributed by atoms with Gasteiger partial charge in [0.15, 0.2) is 11.5 Å². The largest absolute Gasteiger partial charge is 0.493 e.